The third kappa shape index (κ3) is 4.75. The molecule has 2 aliphatic rings. The number of aryl methyl sites for hydroxylation is 1. The van der Waals surface area contributed by atoms with E-state index < -0.39 is 0 Å². The highest BCUT2D eigenvalue weighted by Gasteiger charge is 2.22. The van der Waals surface area contributed by atoms with Crippen molar-refractivity contribution in [2.45, 2.75) is 46.1 Å². The van der Waals surface area contributed by atoms with E-state index in [1.165, 1.54) is 0 Å². The normalized spacial score (nSPS) is 16.7. The molecule has 0 unspecified atom stereocenters. The molecule has 0 bridgehead atoms. The molecule has 170 valence electrons. The summed E-state index contributed by atoms with van der Waals surface area (Å²) in [6, 6.07) is 3.51. The summed E-state index contributed by atoms with van der Waals surface area (Å²) in [5.41, 5.74) is 3.97. The van der Waals surface area contributed by atoms with Gasteiger partial charge in [-0.2, -0.15) is 0 Å². The van der Waals surface area contributed by atoms with Crippen LogP contribution in [0.25, 0.3) is 16.7 Å². The van der Waals surface area contributed by atoms with E-state index in [9.17, 15) is 9.59 Å². The van der Waals surface area contributed by atoms with Gasteiger partial charge in [0, 0.05) is 42.7 Å². The number of hydrogen-bond acceptors (Lipinski definition) is 4. The van der Waals surface area contributed by atoms with Crippen LogP contribution in [-0.2, 0) is 11.3 Å². The quantitative estimate of drug-likeness (QED) is 0.608. The van der Waals surface area contributed by atoms with Crippen LogP contribution in [-0.4, -0.2) is 26.9 Å². The molecule has 0 atom stereocenters. The van der Waals surface area contributed by atoms with E-state index in [0.717, 1.165) is 48.5 Å². The lowest BCUT2D eigenvalue weighted by molar-refractivity contribution is -0.128. The first-order valence-corrected chi connectivity index (χ1v) is 11.5. The van der Waals surface area contributed by atoms with E-state index in [0.29, 0.717) is 29.8 Å². The number of anilines is 1. The molecule has 33 heavy (non-hydrogen) atoms. The van der Waals surface area contributed by atoms with E-state index in [-0.39, 0.29) is 11.3 Å². The Labute approximate surface area is 194 Å². The summed E-state index contributed by atoms with van der Waals surface area (Å²) in [6.45, 7) is 8.97. The van der Waals surface area contributed by atoms with Crippen LogP contribution in [0, 0.1) is 6.92 Å². The van der Waals surface area contributed by atoms with Gasteiger partial charge in [0.15, 0.2) is 5.43 Å². The zero-order valence-corrected chi connectivity index (χ0v) is 19.3. The lowest BCUT2D eigenvalue weighted by Crippen LogP contribution is -2.25. The Bertz CT molecular complexity index is 1280. The molecule has 1 saturated heterocycles. The molecule has 6 heteroatoms. The highest BCUT2D eigenvalue weighted by molar-refractivity contribution is 5.85. The van der Waals surface area contributed by atoms with Crippen LogP contribution < -0.4 is 10.7 Å². The maximum absolute atomic E-state index is 13.2. The Morgan fingerprint density at radius 1 is 1.27 bits per heavy atom. The number of hydrogen-bond donors (Lipinski definition) is 1. The number of amides is 1. The second-order valence-electron chi connectivity index (χ2n) is 8.34. The van der Waals surface area contributed by atoms with Crippen LogP contribution in [0.4, 0.5) is 5.82 Å². The van der Waals surface area contributed by atoms with E-state index in [1.807, 2.05) is 53.7 Å². The van der Waals surface area contributed by atoms with Crippen LogP contribution in [0.15, 0.2) is 71.7 Å². The second kappa shape index (κ2) is 9.86. The number of rotatable bonds is 7. The highest BCUT2D eigenvalue weighted by atomic mass is 16.2. The summed E-state index contributed by atoms with van der Waals surface area (Å²) in [4.78, 5) is 32.1. The number of carbonyl (C=O) groups excluding carboxylic acids is 1. The van der Waals surface area contributed by atoms with Crippen molar-refractivity contribution in [3.8, 4) is 0 Å². The summed E-state index contributed by atoms with van der Waals surface area (Å²) in [5.74, 6) is 0.801. The zero-order chi connectivity index (χ0) is 23.4. The third-order valence-electron chi connectivity index (χ3n) is 5.97. The van der Waals surface area contributed by atoms with Crippen molar-refractivity contribution in [1.82, 2.24) is 14.5 Å². The molecule has 1 aliphatic carbocycles. The predicted molar refractivity (Wildman–Crippen MR) is 135 cm³/mol. The number of pyridine rings is 2. The van der Waals surface area contributed by atoms with Gasteiger partial charge in [0.1, 0.15) is 11.5 Å². The van der Waals surface area contributed by atoms with Gasteiger partial charge in [0.05, 0.1) is 5.39 Å². The molecule has 4 rings (SSSR count). The first kappa shape index (κ1) is 22.5. The van der Waals surface area contributed by atoms with Crippen LogP contribution in [0.3, 0.4) is 0 Å². The van der Waals surface area contributed by atoms with Crippen molar-refractivity contribution in [3.63, 3.8) is 0 Å². The lowest BCUT2D eigenvalue weighted by Gasteiger charge is -2.21. The van der Waals surface area contributed by atoms with Gasteiger partial charge in [-0.25, -0.2) is 4.98 Å². The topological polar surface area (TPSA) is 67.2 Å². The molecule has 1 aliphatic heterocycles. The molecule has 0 saturated carbocycles. The van der Waals surface area contributed by atoms with Crippen molar-refractivity contribution in [1.29, 1.82) is 0 Å². The SMILES string of the molecule is C=C/C=C(\C=C/C)n1c(NC2=CCCC=C2)cc(=O)c2cc(CN3CCCC3=O)c(C)nc21. The largest absolute Gasteiger partial charge is 0.341 e. The Kier molecular flexibility index (Phi) is 6.73. The van der Waals surface area contributed by atoms with Gasteiger partial charge in [0.25, 0.3) is 0 Å². The van der Waals surface area contributed by atoms with Crippen molar-refractivity contribution in [3.05, 3.63) is 88.4 Å². The molecule has 0 spiro atoms. The molecule has 2 aromatic rings. The van der Waals surface area contributed by atoms with Crippen LogP contribution in [0.5, 0.6) is 0 Å². The Morgan fingerprint density at radius 3 is 2.79 bits per heavy atom. The predicted octanol–water partition coefficient (Wildman–Crippen LogP) is 5.08. The first-order chi connectivity index (χ1) is 16.0. The molecule has 2 aromatic heterocycles. The van der Waals surface area contributed by atoms with Gasteiger partial charge in [-0.15, -0.1) is 0 Å². The molecule has 0 aromatic carbocycles. The second-order valence-corrected chi connectivity index (χ2v) is 8.34. The van der Waals surface area contributed by atoms with Crippen molar-refractivity contribution >= 4 is 28.5 Å². The van der Waals surface area contributed by atoms with Crippen molar-refractivity contribution in [2.24, 2.45) is 0 Å². The van der Waals surface area contributed by atoms with Crippen LogP contribution in [0.2, 0.25) is 0 Å². The Morgan fingerprint density at radius 2 is 2.12 bits per heavy atom. The fraction of sp³-hybridized carbons (Fsp3) is 0.296. The summed E-state index contributed by atoms with van der Waals surface area (Å²) in [6.07, 6.45) is 17.2. The molecule has 0 radical (unpaired) electrons. The lowest BCUT2D eigenvalue weighted by atomic mass is 10.1. The fourth-order valence-corrected chi connectivity index (χ4v) is 4.31. The molecule has 1 fully saturated rings. The number of likely N-dealkylation sites (tertiary alicyclic amines) is 1. The average molecular weight is 443 g/mol. The van der Waals surface area contributed by atoms with Gasteiger partial charge in [-0.05, 0) is 63.0 Å². The molecule has 1 N–H and O–H groups in total. The minimum absolute atomic E-state index is 0.107. The van der Waals surface area contributed by atoms with Gasteiger partial charge < -0.3 is 10.2 Å². The Hall–Kier alpha value is -3.67. The highest BCUT2D eigenvalue weighted by Crippen LogP contribution is 2.26. The maximum Gasteiger partial charge on any atom is 0.222 e. The summed E-state index contributed by atoms with van der Waals surface area (Å²) < 4.78 is 1.96. The van der Waals surface area contributed by atoms with Crippen molar-refractivity contribution in [2.75, 3.05) is 11.9 Å². The summed E-state index contributed by atoms with van der Waals surface area (Å²) >= 11 is 0. The minimum Gasteiger partial charge on any atom is -0.341 e. The first-order valence-electron chi connectivity index (χ1n) is 11.5. The number of allylic oxidation sites excluding steroid dienone is 8. The maximum atomic E-state index is 13.2. The number of aromatic nitrogens is 2. The number of fused-ring (bicyclic) bond motifs is 1. The van der Waals surface area contributed by atoms with Crippen LogP contribution >= 0.6 is 0 Å². The molecular formula is C27H30N4O2. The number of nitrogens with zero attached hydrogens (tertiary/aromatic N) is 3. The minimum atomic E-state index is -0.107. The fourth-order valence-electron chi connectivity index (χ4n) is 4.31. The zero-order valence-electron chi connectivity index (χ0n) is 19.3. The smallest absolute Gasteiger partial charge is 0.222 e. The third-order valence-corrected chi connectivity index (χ3v) is 5.97. The molecule has 6 nitrogen and oxygen atoms in total. The van der Waals surface area contributed by atoms with E-state index >= 15 is 0 Å². The van der Waals surface area contributed by atoms with Crippen LogP contribution in [0.1, 0.15) is 43.9 Å². The molecule has 3 heterocycles. The van der Waals surface area contributed by atoms with Crippen molar-refractivity contribution < 1.29 is 4.79 Å². The summed E-state index contributed by atoms with van der Waals surface area (Å²) in [7, 11) is 0. The molecule has 1 amide bonds. The van der Waals surface area contributed by atoms with E-state index in [2.05, 4.69) is 24.0 Å². The molecular weight excluding hydrogens is 412 g/mol. The van der Waals surface area contributed by atoms with E-state index in [1.54, 1.807) is 12.1 Å². The number of nitrogens with one attached hydrogen (secondary N) is 1. The Balaban J connectivity index is 1.90. The number of carbonyl (C=O) groups is 1. The van der Waals surface area contributed by atoms with E-state index in [4.69, 9.17) is 4.98 Å². The van der Waals surface area contributed by atoms with Gasteiger partial charge in [-0.3, -0.25) is 14.2 Å². The summed E-state index contributed by atoms with van der Waals surface area (Å²) in [5, 5.41) is 3.94. The van der Waals surface area contributed by atoms with Gasteiger partial charge >= 0.3 is 0 Å². The van der Waals surface area contributed by atoms with Gasteiger partial charge in [0.2, 0.25) is 5.91 Å². The monoisotopic (exact) mass is 442 g/mol. The average Bonchev–Trinajstić information content (AvgIpc) is 3.20. The van der Waals surface area contributed by atoms with Gasteiger partial charge in [-0.1, -0.05) is 30.9 Å². The standard InChI is InChI=1S/C27H30N4O2/c1-4-10-22(11-5-2)31-25(29-21-12-7-6-8-13-21)17-24(32)23-16-20(19(3)28-27(23)31)18-30-15-9-14-26(30)33/h4-5,7,10-13,16-17,29H,1,6,8-9,14-15,18H2,2-3H3/b11-5-,22-10+.